The lowest BCUT2D eigenvalue weighted by molar-refractivity contribution is -0.281. The van der Waals surface area contributed by atoms with Gasteiger partial charge in [0.05, 0.1) is 11.2 Å². The first-order valence-electron chi connectivity index (χ1n) is 8.38. The molecule has 2 heteroatoms. The third kappa shape index (κ3) is 2.35. The summed E-state index contributed by atoms with van der Waals surface area (Å²) in [5.41, 5.74) is 0.173. The molecule has 0 aromatic heterocycles. The van der Waals surface area contributed by atoms with Crippen molar-refractivity contribution in [1.82, 2.24) is 0 Å². The van der Waals surface area contributed by atoms with E-state index in [0.717, 1.165) is 12.3 Å². The van der Waals surface area contributed by atoms with Crippen molar-refractivity contribution in [2.75, 3.05) is 6.61 Å². The fourth-order valence-electron chi connectivity index (χ4n) is 5.48. The number of fused-ring (bicyclic) bond motifs is 3. The van der Waals surface area contributed by atoms with Gasteiger partial charge < -0.3 is 9.84 Å². The summed E-state index contributed by atoms with van der Waals surface area (Å²) in [4.78, 5) is 0. The van der Waals surface area contributed by atoms with E-state index in [9.17, 15) is 5.11 Å². The quantitative estimate of drug-likeness (QED) is 0.839. The minimum atomic E-state index is 0.0216. The molecule has 4 aliphatic rings. The van der Waals surface area contributed by atoms with E-state index in [-0.39, 0.29) is 11.2 Å². The van der Waals surface area contributed by atoms with E-state index in [4.69, 9.17) is 4.74 Å². The molecule has 4 fully saturated rings. The van der Waals surface area contributed by atoms with Gasteiger partial charge in [-0.25, -0.2) is 0 Å². The molecule has 4 rings (SSSR count). The zero-order valence-corrected chi connectivity index (χ0v) is 12.7. The smallest absolute Gasteiger partial charge is 0.0720 e. The van der Waals surface area contributed by atoms with E-state index in [2.05, 4.69) is 13.8 Å². The molecule has 2 saturated heterocycles. The SMILES string of the molecule is CC1(C)OC2(C3CCCCC3)CCC1C(CCO)C2. The lowest BCUT2D eigenvalue weighted by Crippen LogP contribution is -2.62. The number of hydrogen-bond donors (Lipinski definition) is 1. The molecule has 3 atom stereocenters. The molecule has 3 unspecified atom stereocenters. The molecule has 19 heavy (non-hydrogen) atoms. The first kappa shape index (κ1) is 13.9. The highest BCUT2D eigenvalue weighted by Gasteiger charge is 2.57. The molecule has 2 nitrogen and oxygen atoms in total. The van der Waals surface area contributed by atoms with E-state index >= 15 is 0 Å². The van der Waals surface area contributed by atoms with Crippen LogP contribution >= 0.6 is 0 Å². The average Bonchev–Trinajstić information content (AvgIpc) is 2.39. The molecule has 0 aromatic carbocycles. The van der Waals surface area contributed by atoms with E-state index in [1.54, 1.807) is 0 Å². The fraction of sp³-hybridized carbons (Fsp3) is 1.00. The van der Waals surface area contributed by atoms with Gasteiger partial charge in [0, 0.05) is 6.61 Å². The Labute approximate surface area is 117 Å². The van der Waals surface area contributed by atoms with Gasteiger partial charge in [0.2, 0.25) is 0 Å². The summed E-state index contributed by atoms with van der Waals surface area (Å²) < 4.78 is 6.69. The largest absolute Gasteiger partial charge is 0.396 e. The summed E-state index contributed by atoms with van der Waals surface area (Å²) >= 11 is 0. The summed E-state index contributed by atoms with van der Waals surface area (Å²) in [6, 6.07) is 0. The number of ether oxygens (including phenoxy) is 1. The molecular formula is C17H30O2. The second-order valence-corrected chi connectivity index (χ2v) is 7.73. The molecule has 1 N–H and O–H groups in total. The van der Waals surface area contributed by atoms with Gasteiger partial charge in [0.15, 0.2) is 0 Å². The van der Waals surface area contributed by atoms with Crippen molar-refractivity contribution in [3.63, 3.8) is 0 Å². The van der Waals surface area contributed by atoms with Crippen LogP contribution in [0.4, 0.5) is 0 Å². The number of hydrogen-bond acceptors (Lipinski definition) is 2. The van der Waals surface area contributed by atoms with Crippen LogP contribution < -0.4 is 0 Å². The van der Waals surface area contributed by atoms with Crippen molar-refractivity contribution in [1.29, 1.82) is 0 Å². The summed E-state index contributed by atoms with van der Waals surface area (Å²) in [7, 11) is 0. The lowest BCUT2D eigenvalue weighted by atomic mass is 9.57. The lowest BCUT2D eigenvalue weighted by Gasteiger charge is -2.61. The normalized spacial score (nSPS) is 42.5. The van der Waals surface area contributed by atoms with Gasteiger partial charge in [-0.1, -0.05) is 19.3 Å². The molecule has 0 radical (unpaired) electrons. The van der Waals surface area contributed by atoms with Crippen molar-refractivity contribution >= 4 is 0 Å². The van der Waals surface area contributed by atoms with Gasteiger partial charge in [0.25, 0.3) is 0 Å². The highest BCUT2D eigenvalue weighted by atomic mass is 16.5. The summed E-state index contributed by atoms with van der Waals surface area (Å²) in [5.74, 6) is 2.12. The maximum absolute atomic E-state index is 9.37. The molecule has 0 amide bonds. The summed E-state index contributed by atoms with van der Waals surface area (Å²) in [6.07, 6.45) is 11.7. The van der Waals surface area contributed by atoms with Crippen LogP contribution in [0.25, 0.3) is 0 Å². The van der Waals surface area contributed by atoms with Gasteiger partial charge in [0.1, 0.15) is 0 Å². The Morgan fingerprint density at radius 1 is 1.11 bits per heavy atom. The Morgan fingerprint density at radius 2 is 1.84 bits per heavy atom. The first-order valence-corrected chi connectivity index (χ1v) is 8.38. The topological polar surface area (TPSA) is 29.5 Å². The van der Waals surface area contributed by atoms with Crippen LogP contribution in [0, 0.1) is 17.8 Å². The number of rotatable bonds is 3. The van der Waals surface area contributed by atoms with Crippen molar-refractivity contribution in [3.05, 3.63) is 0 Å². The average molecular weight is 266 g/mol. The molecular weight excluding hydrogens is 236 g/mol. The Morgan fingerprint density at radius 3 is 2.47 bits per heavy atom. The van der Waals surface area contributed by atoms with Gasteiger partial charge in [-0.2, -0.15) is 0 Å². The Kier molecular flexibility index (Phi) is 3.68. The number of aliphatic hydroxyl groups is 1. The maximum Gasteiger partial charge on any atom is 0.0720 e. The van der Waals surface area contributed by atoms with Gasteiger partial charge in [-0.15, -0.1) is 0 Å². The minimum Gasteiger partial charge on any atom is -0.396 e. The van der Waals surface area contributed by atoms with Crippen LogP contribution in [0.5, 0.6) is 0 Å². The summed E-state index contributed by atoms with van der Waals surface area (Å²) in [5, 5.41) is 9.37. The Bertz CT molecular complexity index is 319. The van der Waals surface area contributed by atoms with Crippen LogP contribution in [-0.2, 0) is 4.74 Å². The second kappa shape index (κ2) is 5.04. The zero-order valence-electron chi connectivity index (χ0n) is 12.7. The predicted molar refractivity (Wildman–Crippen MR) is 77.0 cm³/mol. The van der Waals surface area contributed by atoms with Crippen LogP contribution in [0.2, 0.25) is 0 Å². The third-order valence-corrected chi connectivity index (χ3v) is 6.26. The Balaban J connectivity index is 1.83. The number of aliphatic hydroxyl groups excluding tert-OH is 1. The van der Waals surface area contributed by atoms with E-state index < -0.39 is 0 Å². The van der Waals surface area contributed by atoms with Crippen molar-refractivity contribution in [2.45, 2.75) is 82.8 Å². The van der Waals surface area contributed by atoms with Crippen LogP contribution in [0.1, 0.15) is 71.6 Å². The second-order valence-electron chi connectivity index (χ2n) is 7.73. The molecule has 2 aliphatic carbocycles. The highest BCUT2D eigenvalue weighted by molar-refractivity contribution is 5.06. The van der Waals surface area contributed by atoms with Crippen molar-refractivity contribution < 1.29 is 9.84 Å². The monoisotopic (exact) mass is 266 g/mol. The molecule has 2 aliphatic heterocycles. The Hall–Kier alpha value is -0.0800. The van der Waals surface area contributed by atoms with Gasteiger partial charge in [-0.05, 0) is 70.1 Å². The van der Waals surface area contributed by atoms with Crippen molar-refractivity contribution in [3.8, 4) is 0 Å². The third-order valence-electron chi connectivity index (χ3n) is 6.26. The molecule has 2 bridgehead atoms. The first-order chi connectivity index (χ1) is 9.07. The fourth-order valence-corrected chi connectivity index (χ4v) is 5.48. The maximum atomic E-state index is 9.37. The molecule has 0 aromatic rings. The van der Waals surface area contributed by atoms with Gasteiger partial charge >= 0.3 is 0 Å². The summed E-state index contributed by atoms with van der Waals surface area (Å²) in [6.45, 7) is 4.92. The van der Waals surface area contributed by atoms with Gasteiger partial charge in [-0.3, -0.25) is 0 Å². The van der Waals surface area contributed by atoms with Crippen molar-refractivity contribution in [2.24, 2.45) is 17.8 Å². The van der Waals surface area contributed by atoms with Crippen LogP contribution in [0.15, 0.2) is 0 Å². The predicted octanol–water partition coefficient (Wildman–Crippen LogP) is 3.91. The molecule has 110 valence electrons. The minimum absolute atomic E-state index is 0.0216. The van der Waals surface area contributed by atoms with Crippen LogP contribution in [0.3, 0.4) is 0 Å². The van der Waals surface area contributed by atoms with E-state index in [1.165, 1.54) is 51.4 Å². The molecule has 2 heterocycles. The van der Waals surface area contributed by atoms with Crippen LogP contribution in [-0.4, -0.2) is 22.9 Å². The molecule has 0 spiro atoms. The standard InChI is InChI=1S/C17H30O2/c1-16(2)15-8-10-17(19-16,12-13(15)9-11-18)14-6-4-3-5-7-14/h13-15,18H,3-12H2,1-2H3. The van der Waals surface area contributed by atoms with E-state index in [1.807, 2.05) is 0 Å². The zero-order chi connectivity index (χ0) is 13.5. The molecule has 2 saturated carbocycles. The van der Waals surface area contributed by atoms with E-state index in [0.29, 0.717) is 18.4 Å². The highest BCUT2D eigenvalue weighted by Crippen LogP contribution is 2.58.